The van der Waals surface area contributed by atoms with E-state index in [9.17, 15) is 49.2 Å². The summed E-state index contributed by atoms with van der Waals surface area (Å²) in [4.78, 5) is 74.7. The fourth-order valence-electron chi connectivity index (χ4n) is 9.12. The van der Waals surface area contributed by atoms with Crippen LogP contribution >= 0.6 is 0 Å². The number of aliphatic carboxylic acids is 1. The number of carbonyl (C=O) groups is 6. The molecule has 2 amide bonds. The molecule has 0 spiro atoms. The third kappa shape index (κ3) is 6.89. The number of aliphatic hydroxyl groups excluding tert-OH is 2. The van der Waals surface area contributed by atoms with E-state index in [2.05, 4.69) is 17.6 Å². The Morgan fingerprint density at radius 3 is 2.30 bits per heavy atom. The third-order valence-electron chi connectivity index (χ3n) is 11.7. The van der Waals surface area contributed by atoms with Crippen molar-refractivity contribution in [1.82, 2.24) is 10.6 Å². The second-order valence-electron chi connectivity index (χ2n) is 14.9. The molecule has 0 aliphatic heterocycles. The van der Waals surface area contributed by atoms with Crippen LogP contribution in [0.2, 0.25) is 0 Å². The Kier molecular flexibility index (Phi) is 10.7. The zero-order valence-corrected chi connectivity index (χ0v) is 27.9. The second kappa shape index (κ2) is 13.8. The van der Waals surface area contributed by atoms with Gasteiger partial charge in [-0.15, -0.1) is 0 Å². The maximum absolute atomic E-state index is 13.5. The number of amides is 2. The van der Waals surface area contributed by atoms with Crippen LogP contribution in [0.4, 0.5) is 0 Å². The number of carbonyl (C=O) groups excluding carboxylic acids is 5. The molecule has 0 aromatic heterocycles. The van der Waals surface area contributed by atoms with Gasteiger partial charge in [0.1, 0.15) is 11.6 Å². The lowest BCUT2D eigenvalue weighted by Gasteiger charge is -2.60. The Bertz CT molecular complexity index is 1330. The molecule has 6 N–H and O–H groups in total. The number of rotatable bonds is 12. The molecule has 4 aliphatic carbocycles. The van der Waals surface area contributed by atoms with Crippen molar-refractivity contribution in [1.29, 1.82) is 0 Å². The molecule has 0 radical (unpaired) electrons. The van der Waals surface area contributed by atoms with Crippen LogP contribution in [0.15, 0.2) is 11.6 Å². The van der Waals surface area contributed by atoms with Crippen molar-refractivity contribution in [3.8, 4) is 0 Å². The van der Waals surface area contributed by atoms with Crippen LogP contribution in [0.25, 0.3) is 0 Å². The highest BCUT2D eigenvalue weighted by atomic mass is 16.5. The monoisotopic (exact) mass is 662 g/mol. The molecule has 3 fully saturated rings. The molecule has 0 aromatic rings. The van der Waals surface area contributed by atoms with Crippen molar-refractivity contribution in [2.75, 3.05) is 6.61 Å². The highest BCUT2D eigenvalue weighted by Crippen LogP contribution is 2.67. The summed E-state index contributed by atoms with van der Waals surface area (Å²) < 4.78 is 5.19. The van der Waals surface area contributed by atoms with Crippen LogP contribution in [-0.4, -0.2) is 92.2 Å². The van der Waals surface area contributed by atoms with E-state index in [-0.39, 0.29) is 48.2 Å². The number of carboxylic acids is 1. The topological polar surface area (TPSA) is 217 Å². The summed E-state index contributed by atoms with van der Waals surface area (Å²) in [7, 11) is 0. The predicted octanol–water partition coefficient (Wildman–Crippen LogP) is 1.20. The lowest BCUT2D eigenvalue weighted by molar-refractivity contribution is -0.184. The number of hydrogen-bond acceptors (Lipinski definition) is 10. The lowest BCUT2D eigenvalue weighted by Crippen LogP contribution is -2.62. The smallest absolute Gasteiger partial charge is 0.328 e. The number of esters is 1. The van der Waals surface area contributed by atoms with Gasteiger partial charge in [0.15, 0.2) is 18.4 Å². The number of ether oxygens (including phenoxy) is 1. The predicted molar refractivity (Wildman–Crippen MR) is 166 cm³/mol. The van der Waals surface area contributed by atoms with E-state index < -0.39 is 83.8 Å². The van der Waals surface area contributed by atoms with Gasteiger partial charge in [-0.1, -0.05) is 33.3 Å². The fourth-order valence-corrected chi connectivity index (χ4v) is 9.12. The van der Waals surface area contributed by atoms with Crippen LogP contribution < -0.4 is 10.6 Å². The van der Waals surface area contributed by atoms with Crippen molar-refractivity contribution in [2.24, 2.45) is 34.5 Å². The number of ketones is 2. The van der Waals surface area contributed by atoms with Crippen molar-refractivity contribution in [3.63, 3.8) is 0 Å². The molecule has 0 saturated heterocycles. The Hall–Kier alpha value is -3.16. The maximum Gasteiger partial charge on any atom is 0.328 e. The molecule has 10 atom stereocenters. The van der Waals surface area contributed by atoms with Crippen molar-refractivity contribution >= 4 is 35.3 Å². The van der Waals surface area contributed by atoms with Crippen molar-refractivity contribution in [2.45, 2.75) is 122 Å². The molecule has 4 rings (SSSR count). The normalized spacial score (nSPS) is 34.9. The molecule has 0 aromatic carbocycles. The average molecular weight is 663 g/mol. The number of carboxylic acid groups (broad SMARTS) is 1. The first kappa shape index (κ1) is 36.7. The second-order valence-corrected chi connectivity index (χ2v) is 14.9. The van der Waals surface area contributed by atoms with Gasteiger partial charge in [-0.25, -0.2) is 4.79 Å². The molecular weight excluding hydrogens is 612 g/mol. The Morgan fingerprint density at radius 2 is 1.68 bits per heavy atom. The van der Waals surface area contributed by atoms with E-state index in [4.69, 9.17) is 4.74 Å². The maximum atomic E-state index is 13.5. The van der Waals surface area contributed by atoms with Gasteiger partial charge >= 0.3 is 11.9 Å². The summed E-state index contributed by atoms with van der Waals surface area (Å²) in [6.07, 6.45) is 2.42. The highest BCUT2D eigenvalue weighted by Gasteiger charge is 2.68. The standard InChI is InChI=1S/C34H50N2O11/c1-17(2)28(30(43)36-29(18(3)37)31(44)45)35-25(41)8-9-26(42)47-16-24(40)34(46)13-11-22-21-7-6-19-14-20(38)10-12-32(19,4)27(21)23(39)15-33(22,34)5/h14,17-18,21-23,27-29,37,39,46H,6-13,15-16H2,1-5H3,(H,35,41)(H,36,43)(H,44,45)/t18?,21?,22?,23?,27?,28?,29?,32-,33-,34-/m0/s1. The fraction of sp³-hybridized carbons (Fsp3) is 0.765. The van der Waals surface area contributed by atoms with E-state index in [1.54, 1.807) is 19.9 Å². The summed E-state index contributed by atoms with van der Waals surface area (Å²) in [6.45, 7) is 7.75. The number of allylic oxidation sites excluding steroid dienone is 1. The minimum Gasteiger partial charge on any atom is -0.480 e. The number of aliphatic hydroxyl groups is 3. The van der Waals surface area contributed by atoms with Crippen LogP contribution in [0, 0.1) is 34.5 Å². The van der Waals surface area contributed by atoms with E-state index in [1.807, 2.05) is 6.92 Å². The van der Waals surface area contributed by atoms with Crippen LogP contribution in [0.3, 0.4) is 0 Å². The number of nitrogens with one attached hydrogen (secondary N) is 2. The van der Waals surface area contributed by atoms with Gasteiger partial charge < -0.3 is 35.8 Å². The first-order valence-electron chi connectivity index (χ1n) is 16.7. The first-order chi connectivity index (χ1) is 21.9. The van der Waals surface area contributed by atoms with Crippen LogP contribution in [0.1, 0.15) is 92.4 Å². The summed E-state index contributed by atoms with van der Waals surface area (Å²) in [5, 5.41) is 46.9. The minimum absolute atomic E-state index is 0.0299. The Balaban J connectivity index is 1.32. The van der Waals surface area contributed by atoms with Gasteiger partial charge in [0.2, 0.25) is 17.6 Å². The van der Waals surface area contributed by atoms with Crippen LogP contribution in [-0.2, 0) is 33.5 Å². The summed E-state index contributed by atoms with van der Waals surface area (Å²) in [5.74, 6) is -4.79. The van der Waals surface area contributed by atoms with Gasteiger partial charge in [-0.2, -0.15) is 0 Å². The van der Waals surface area contributed by atoms with Gasteiger partial charge in [0, 0.05) is 18.3 Å². The Morgan fingerprint density at radius 1 is 1.00 bits per heavy atom. The zero-order chi connectivity index (χ0) is 35.1. The van der Waals surface area contributed by atoms with Gasteiger partial charge in [0.25, 0.3) is 0 Å². The third-order valence-corrected chi connectivity index (χ3v) is 11.7. The minimum atomic E-state index is -1.81. The van der Waals surface area contributed by atoms with E-state index >= 15 is 0 Å². The van der Waals surface area contributed by atoms with E-state index in [1.165, 1.54) is 6.92 Å². The number of Topliss-reactive ketones (excluding diaryl/α,β-unsaturated/α-hetero) is 1. The molecule has 0 heterocycles. The van der Waals surface area contributed by atoms with Gasteiger partial charge in [-0.3, -0.25) is 24.0 Å². The number of fused-ring (bicyclic) bond motifs is 5. The largest absolute Gasteiger partial charge is 0.480 e. The first-order valence-corrected chi connectivity index (χ1v) is 16.7. The van der Waals surface area contributed by atoms with Crippen molar-refractivity contribution < 1.29 is 53.9 Å². The number of hydrogen-bond donors (Lipinski definition) is 6. The summed E-state index contributed by atoms with van der Waals surface area (Å²) >= 11 is 0. The SMILES string of the molecule is CC(C)C(NC(=O)CCC(=O)OCC(=O)[C@@]1(O)CCC2C3CCC4=CC(=O)CC[C@]4(C)C3C(O)C[C@@]21C)C(=O)NC(C(=O)O)C(C)O. The average Bonchev–Trinajstić information content (AvgIpc) is 3.26. The molecule has 47 heavy (non-hydrogen) atoms. The van der Waals surface area contributed by atoms with E-state index in [0.717, 1.165) is 18.4 Å². The molecule has 13 nitrogen and oxygen atoms in total. The molecule has 0 bridgehead atoms. The van der Waals surface area contributed by atoms with Crippen molar-refractivity contribution in [3.05, 3.63) is 11.6 Å². The zero-order valence-electron chi connectivity index (χ0n) is 27.9. The molecule has 4 aliphatic rings. The Labute approximate surface area is 274 Å². The van der Waals surface area contributed by atoms with E-state index in [0.29, 0.717) is 19.3 Å². The molecule has 7 unspecified atom stereocenters. The molecule has 3 saturated carbocycles. The summed E-state index contributed by atoms with van der Waals surface area (Å²) in [5.41, 5.74) is -1.95. The quantitative estimate of drug-likeness (QED) is 0.163. The highest BCUT2D eigenvalue weighted by molar-refractivity contribution is 5.93. The summed E-state index contributed by atoms with van der Waals surface area (Å²) in [6, 6.07) is -2.70. The molecule has 262 valence electrons. The molecule has 13 heteroatoms. The molecular formula is C34H50N2O11. The van der Waals surface area contributed by atoms with Gasteiger partial charge in [0.05, 0.1) is 18.6 Å². The van der Waals surface area contributed by atoms with Gasteiger partial charge in [-0.05, 0) is 80.6 Å². The van der Waals surface area contributed by atoms with Crippen LogP contribution in [0.5, 0.6) is 0 Å². The lowest BCUT2D eigenvalue weighted by atomic mass is 9.45.